The molecular formula is C10H23N3O2S. The van der Waals surface area contributed by atoms with Gasteiger partial charge in [0, 0.05) is 26.2 Å². The number of rotatable bonds is 5. The van der Waals surface area contributed by atoms with E-state index in [-0.39, 0.29) is 5.25 Å². The highest BCUT2D eigenvalue weighted by Crippen LogP contribution is 2.12. The molecule has 0 aromatic carbocycles. The first kappa shape index (κ1) is 13.9. The molecule has 96 valence electrons. The van der Waals surface area contributed by atoms with Crippen LogP contribution >= 0.6 is 0 Å². The SMILES string of the molecule is CC(C)S(=O)(=O)N1CCN(CCCN)CC1. The minimum atomic E-state index is -3.06. The van der Waals surface area contributed by atoms with Crippen molar-refractivity contribution in [2.24, 2.45) is 5.73 Å². The van der Waals surface area contributed by atoms with Crippen LogP contribution in [-0.4, -0.2) is 62.1 Å². The van der Waals surface area contributed by atoms with Crippen LogP contribution in [0.2, 0.25) is 0 Å². The Kier molecular flexibility index (Phi) is 5.17. The van der Waals surface area contributed by atoms with Gasteiger partial charge in [-0.3, -0.25) is 0 Å². The van der Waals surface area contributed by atoms with Gasteiger partial charge < -0.3 is 10.6 Å². The van der Waals surface area contributed by atoms with Crippen LogP contribution in [0.4, 0.5) is 0 Å². The monoisotopic (exact) mass is 249 g/mol. The summed E-state index contributed by atoms with van der Waals surface area (Å²) in [5, 5.41) is -0.317. The summed E-state index contributed by atoms with van der Waals surface area (Å²) in [6, 6.07) is 0. The molecule has 2 N–H and O–H groups in total. The Morgan fingerprint density at radius 1 is 1.19 bits per heavy atom. The average molecular weight is 249 g/mol. The van der Waals surface area contributed by atoms with Crippen LogP contribution in [0.3, 0.4) is 0 Å². The lowest BCUT2D eigenvalue weighted by Gasteiger charge is -2.34. The number of piperazine rings is 1. The third kappa shape index (κ3) is 3.41. The molecule has 0 saturated carbocycles. The van der Waals surface area contributed by atoms with E-state index in [2.05, 4.69) is 4.90 Å². The van der Waals surface area contributed by atoms with Gasteiger partial charge in [-0.15, -0.1) is 0 Å². The van der Waals surface area contributed by atoms with Crippen molar-refractivity contribution < 1.29 is 8.42 Å². The van der Waals surface area contributed by atoms with Crippen LogP contribution in [0.1, 0.15) is 20.3 Å². The molecule has 1 aliphatic heterocycles. The van der Waals surface area contributed by atoms with Gasteiger partial charge in [0.2, 0.25) is 10.0 Å². The minimum absolute atomic E-state index is 0.317. The quantitative estimate of drug-likeness (QED) is 0.726. The second kappa shape index (κ2) is 5.95. The summed E-state index contributed by atoms with van der Waals surface area (Å²) in [5.41, 5.74) is 5.45. The maximum atomic E-state index is 11.9. The lowest BCUT2D eigenvalue weighted by molar-refractivity contribution is 0.187. The Labute approximate surface area is 98.6 Å². The second-order valence-electron chi connectivity index (χ2n) is 4.48. The van der Waals surface area contributed by atoms with Crippen molar-refractivity contribution in [3.05, 3.63) is 0 Å². The Balaban J connectivity index is 2.43. The van der Waals surface area contributed by atoms with Crippen molar-refractivity contribution in [2.45, 2.75) is 25.5 Å². The highest BCUT2D eigenvalue weighted by Gasteiger charge is 2.28. The van der Waals surface area contributed by atoms with Crippen LogP contribution in [0, 0.1) is 0 Å². The van der Waals surface area contributed by atoms with Gasteiger partial charge in [-0.25, -0.2) is 8.42 Å². The molecule has 5 nitrogen and oxygen atoms in total. The summed E-state index contributed by atoms with van der Waals surface area (Å²) in [4.78, 5) is 2.28. The van der Waals surface area contributed by atoms with Crippen LogP contribution in [0.15, 0.2) is 0 Å². The number of hydrogen-bond donors (Lipinski definition) is 1. The van der Waals surface area contributed by atoms with E-state index < -0.39 is 10.0 Å². The molecule has 0 aromatic heterocycles. The van der Waals surface area contributed by atoms with Crippen molar-refractivity contribution >= 4 is 10.0 Å². The molecule has 0 amide bonds. The minimum Gasteiger partial charge on any atom is -0.330 e. The summed E-state index contributed by atoms with van der Waals surface area (Å²) in [6.45, 7) is 8.02. The summed E-state index contributed by atoms with van der Waals surface area (Å²) < 4.78 is 25.4. The van der Waals surface area contributed by atoms with Gasteiger partial charge >= 0.3 is 0 Å². The normalized spacial score (nSPS) is 20.5. The van der Waals surface area contributed by atoms with E-state index in [1.165, 1.54) is 0 Å². The Bertz CT molecular complexity index is 295. The van der Waals surface area contributed by atoms with E-state index in [1.54, 1.807) is 18.2 Å². The molecule has 1 saturated heterocycles. The molecule has 0 unspecified atom stereocenters. The van der Waals surface area contributed by atoms with Crippen LogP contribution in [-0.2, 0) is 10.0 Å². The van der Waals surface area contributed by atoms with E-state index in [9.17, 15) is 8.42 Å². The maximum absolute atomic E-state index is 11.9. The summed E-state index contributed by atoms with van der Waals surface area (Å²) >= 11 is 0. The maximum Gasteiger partial charge on any atom is 0.216 e. The molecular weight excluding hydrogens is 226 g/mol. The fourth-order valence-electron chi connectivity index (χ4n) is 1.82. The van der Waals surface area contributed by atoms with Crippen molar-refractivity contribution in [2.75, 3.05) is 39.3 Å². The third-order valence-corrected chi connectivity index (χ3v) is 5.24. The zero-order valence-electron chi connectivity index (χ0n) is 10.2. The first-order valence-corrected chi connectivity index (χ1v) is 7.40. The highest BCUT2D eigenvalue weighted by molar-refractivity contribution is 7.89. The molecule has 0 aromatic rings. The fourth-order valence-corrected chi connectivity index (χ4v) is 3.09. The third-order valence-electron chi connectivity index (χ3n) is 2.97. The molecule has 1 fully saturated rings. The molecule has 6 heteroatoms. The van der Waals surface area contributed by atoms with Gasteiger partial charge in [0.05, 0.1) is 5.25 Å². The molecule has 0 atom stereocenters. The Morgan fingerprint density at radius 2 is 1.75 bits per heavy atom. The van der Waals surface area contributed by atoms with Crippen LogP contribution in [0.25, 0.3) is 0 Å². The predicted molar refractivity (Wildman–Crippen MR) is 65.7 cm³/mol. The van der Waals surface area contributed by atoms with E-state index in [0.717, 1.165) is 26.1 Å². The lowest BCUT2D eigenvalue weighted by atomic mass is 10.3. The van der Waals surface area contributed by atoms with E-state index in [0.29, 0.717) is 19.6 Å². The molecule has 0 radical (unpaired) electrons. The number of hydrogen-bond acceptors (Lipinski definition) is 4. The molecule has 1 rings (SSSR count). The van der Waals surface area contributed by atoms with Crippen LogP contribution in [0.5, 0.6) is 0 Å². The van der Waals surface area contributed by atoms with E-state index >= 15 is 0 Å². The molecule has 16 heavy (non-hydrogen) atoms. The lowest BCUT2D eigenvalue weighted by Crippen LogP contribution is -2.50. The molecule has 0 aliphatic carbocycles. The molecule has 1 aliphatic rings. The molecule has 0 bridgehead atoms. The first-order chi connectivity index (χ1) is 7.48. The van der Waals surface area contributed by atoms with E-state index in [1.807, 2.05) is 0 Å². The topological polar surface area (TPSA) is 66.6 Å². The summed E-state index contributed by atoms with van der Waals surface area (Å²) in [7, 11) is -3.06. The van der Waals surface area contributed by atoms with Gasteiger partial charge in [-0.2, -0.15) is 4.31 Å². The van der Waals surface area contributed by atoms with Gasteiger partial charge in [0.25, 0.3) is 0 Å². The predicted octanol–water partition coefficient (Wildman–Crippen LogP) is -0.309. The smallest absolute Gasteiger partial charge is 0.216 e. The Morgan fingerprint density at radius 3 is 2.19 bits per heavy atom. The van der Waals surface area contributed by atoms with Crippen molar-refractivity contribution in [1.29, 1.82) is 0 Å². The van der Waals surface area contributed by atoms with Crippen molar-refractivity contribution in [1.82, 2.24) is 9.21 Å². The zero-order valence-corrected chi connectivity index (χ0v) is 11.0. The van der Waals surface area contributed by atoms with Gasteiger partial charge in [0.1, 0.15) is 0 Å². The molecule has 0 spiro atoms. The highest BCUT2D eigenvalue weighted by atomic mass is 32.2. The number of nitrogens with zero attached hydrogens (tertiary/aromatic N) is 2. The molecule has 1 heterocycles. The van der Waals surface area contributed by atoms with Gasteiger partial charge in [-0.1, -0.05) is 0 Å². The average Bonchev–Trinajstić information content (AvgIpc) is 2.26. The van der Waals surface area contributed by atoms with Crippen LogP contribution < -0.4 is 5.73 Å². The van der Waals surface area contributed by atoms with E-state index in [4.69, 9.17) is 5.73 Å². The first-order valence-electron chi connectivity index (χ1n) is 5.90. The largest absolute Gasteiger partial charge is 0.330 e. The number of nitrogens with two attached hydrogens (primary N) is 1. The van der Waals surface area contributed by atoms with Crippen molar-refractivity contribution in [3.8, 4) is 0 Å². The summed E-state index contributed by atoms with van der Waals surface area (Å²) in [6.07, 6.45) is 0.983. The van der Waals surface area contributed by atoms with Crippen molar-refractivity contribution in [3.63, 3.8) is 0 Å². The fraction of sp³-hybridized carbons (Fsp3) is 1.00. The van der Waals surface area contributed by atoms with Gasteiger partial charge in [0.15, 0.2) is 0 Å². The number of sulfonamides is 1. The standard InChI is InChI=1S/C10H23N3O2S/c1-10(2)16(14,15)13-8-6-12(7-9-13)5-3-4-11/h10H,3-9,11H2,1-2H3. The summed E-state index contributed by atoms with van der Waals surface area (Å²) in [5.74, 6) is 0. The Hall–Kier alpha value is -0.170. The second-order valence-corrected chi connectivity index (χ2v) is 6.97. The van der Waals surface area contributed by atoms with Gasteiger partial charge in [-0.05, 0) is 33.4 Å². The zero-order chi connectivity index (χ0) is 12.2.